The average molecular weight is 361 g/mol. The van der Waals surface area contributed by atoms with Crippen molar-refractivity contribution in [3.63, 3.8) is 0 Å². The second-order valence-electron chi connectivity index (χ2n) is 5.48. The van der Waals surface area contributed by atoms with Crippen molar-refractivity contribution in [1.82, 2.24) is 9.97 Å². The number of amides is 1. The molecule has 0 aliphatic heterocycles. The molecule has 5 nitrogen and oxygen atoms in total. The molecule has 0 saturated heterocycles. The lowest BCUT2D eigenvalue weighted by atomic mass is 10.1. The zero-order valence-corrected chi connectivity index (χ0v) is 13.3. The van der Waals surface area contributed by atoms with E-state index in [9.17, 15) is 23.1 Å². The number of aromatic nitrogens is 2. The molecule has 1 aromatic heterocycles. The van der Waals surface area contributed by atoms with Gasteiger partial charge in [-0.1, -0.05) is 48.5 Å². The number of aliphatic hydroxyl groups excluding tert-OH is 1. The fourth-order valence-electron chi connectivity index (χ4n) is 2.43. The van der Waals surface area contributed by atoms with E-state index in [-0.39, 0.29) is 11.1 Å². The van der Waals surface area contributed by atoms with Crippen LogP contribution in [0.1, 0.15) is 33.4 Å². The molecule has 2 aromatic carbocycles. The van der Waals surface area contributed by atoms with Crippen LogP contribution in [-0.2, 0) is 6.18 Å². The predicted octanol–water partition coefficient (Wildman–Crippen LogP) is 3.76. The van der Waals surface area contributed by atoms with Gasteiger partial charge in [-0.15, -0.1) is 0 Å². The molecular weight excluding hydrogens is 347 g/mol. The molecule has 1 amide bonds. The number of nitrogens with one attached hydrogen (secondary N) is 2. The van der Waals surface area contributed by atoms with E-state index in [1.807, 2.05) is 0 Å². The first-order chi connectivity index (χ1) is 12.4. The number of H-pyrrole nitrogens is 1. The third-order valence-corrected chi connectivity index (χ3v) is 3.66. The van der Waals surface area contributed by atoms with Crippen LogP contribution >= 0.6 is 0 Å². The number of hydrogen-bond donors (Lipinski definition) is 3. The van der Waals surface area contributed by atoms with Gasteiger partial charge in [-0.3, -0.25) is 10.1 Å². The van der Waals surface area contributed by atoms with Gasteiger partial charge in [0.25, 0.3) is 5.91 Å². The summed E-state index contributed by atoms with van der Waals surface area (Å²) in [4.78, 5) is 17.9. The fraction of sp³-hybridized carbons (Fsp3) is 0.111. The molecule has 3 aromatic rings. The molecule has 3 N–H and O–H groups in total. The van der Waals surface area contributed by atoms with Crippen LogP contribution in [0.3, 0.4) is 0 Å². The van der Waals surface area contributed by atoms with Crippen LogP contribution in [-0.4, -0.2) is 21.0 Å². The Labute approximate surface area is 146 Å². The van der Waals surface area contributed by atoms with Gasteiger partial charge in [-0.25, -0.2) is 4.98 Å². The minimum Gasteiger partial charge on any atom is -0.382 e. The van der Waals surface area contributed by atoms with Crippen molar-refractivity contribution >= 4 is 11.9 Å². The summed E-state index contributed by atoms with van der Waals surface area (Å²) in [5, 5.41) is 12.6. The first-order valence-electron chi connectivity index (χ1n) is 7.63. The molecule has 26 heavy (non-hydrogen) atoms. The maximum atomic E-state index is 13.3. The van der Waals surface area contributed by atoms with E-state index in [1.54, 1.807) is 36.4 Å². The first kappa shape index (κ1) is 17.7. The Morgan fingerprint density at radius 1 is 1.04 bits per heavy atom. The van der Waals surface area contributed by atoms with E-state index >= 15 is 0 Å². The molecule has 134 valence electrons. The van der Waals surface area contributed by atoms with Crippen LogP contribution in [0, 0.1) is 0 Å². The highest BCUT2D eigenvalue weighted by Crippen LogP contribution is 2.36. The number of aliphatic hydroxyl groups is 1. The standard InChI is InChI=1S/C18H14F3N3O2/c19-18(20,21)15-13(14(25)11-7-3-1-4-8-11)22-17(23-15)24-16(26)12-9-5-2-6-10-12/h1-10,14,25H,(H2,22,23,24,26). The van der Waals surface area contributed by atoms with Gasteiger partial charge in [0.05, 0.1) is 5.69 Å². The maximum Gasteiger partial charge on any atom is 0.435 e. The van der Waals surface area contributed by atoms with Gasteiger partial charge in [0.2, 0.25) is 5.95 Å². The Morgan fingerprint density at radius 2 is 1.62 bits per heavy atom. The highest BCUT2D eigenvalue weighted by atomic mass is 19.4. The van der Waals surface area contributed by atoms with Gasteiger partial charge in [-0.2, -0.15) is 13.2 Å². The van der Waals surface area contributed by atoms with Crippen molar-refractivity contribution in [3.05, 3.63) is 83.2 Å². The SMILES string of the molecule is O=C(Nc1nc(C(F)(F)F)c(C(O)c2ccccc2)[nH]1)c1ccccc1. The molecule has 0 bridgehead atoms. The number of aromatic amines is 1. The summed E-state index contributed by atoms with van der Waals surface area (Å²) in [7, 11) is 0. The normalized spacial score (nSPS) is 12.6. The van der Waals surface area contributed by atoms with Crippen LogP contribution in [0.5, 0.6) is 0 Å². The maximum absolute atomic E-state index is 13.3. The number of alkyl halides is 3. The second-order valence-corrected chi connectivity index (χ2v) is 5.48. The number of rotatable bonds is 4. The quantitative estimate of drug-likeness (QED) is 0.662. The molecule has 0 aliphatic rings. The molecular formula is C18H14F3N3O2. The largest absolute Gasteiger partial charge is 0.435 e. The number of carbonyl (C=O) groups is 1. The van der Waals surface area contributed by atoms with Crippen LogP contribution < -0.4 is 5.32 Å². The van der Waals surface area contributed by atoms with Crippen molar-refractivity contribution in [1.29, 1.82) is 0 Å². The lowest BCUT2D eigenvalue weighted by Gasteiger charge is -2.12. The summed E-state index contributed by atoms with van der Waals surface area (Å²) in [6, 6.07) is 15.9. The number of anilines is 1. The summed E-state index contributed by atoms with van der Waals surface area (Å²) in [6.45, 7) is 0. The predicted molar refractivity (Wildman–Crippen MR) is 88.5 cm³/mol. The van der Waals surface area contributed by atoms with E-state index in [0.29, 0.717) is 0 Å². The van der Waals surface area contributed by atoms with Crippen molar-refractivity contribution in [2.24, 2.45) is 0 Å². The number of imidazole rings is 1. The van der Waals surface area contributed by atoms with E-state index < -0.39 is 35.5 Å². The molecule has 1 atom stereocenters. The third kappa shape index (κ3) is 3.75. The van der Waals surface area contributed by atoms with Crippen LogP contribution in [0.2, 0.25) is 0 Å². The number of benzene rings is 2. The Hall–Kier alpha value is -3.13. The van der Waals surface area contributed by atoms with Crippen LogP contribution in [0.25, 0.3) is 0 Å². The topological polar surface area (TPSA) is 78.0 Å². The summed E-state index contributed by atoms with van der Waals surface area (Å²) >= 11 is 0. The van der Waals surface area contributed by atoms with Crippen molar-refractivity contribution in [3.8, 4) is 0 Å². The Bertz CT molecular complexity index is 893. The highest BCUT2D eigenvalue weighted by Gasteiger charge is 2.39. The Balaban J connectivity index is 1.94. The molecule has 3 rings (SSSR count). The second kappa shape index (κ2) is 7.01. The summed E-state index contributed by atoms with van der Waals surface area (Å²) in [5.74, 6) is -1.01. The lowest BCUT2D eigenvalue weighted by molar-refractivity contribution is -0.142. The van der Waals surface area contributed by atoms with Gasteiger partial charge >= 0.3 is 6.18 Å². The van der Waals surface area contributed by atoms with E-state index in [4.69, 9.17) is 0 Å². The minimum atomic E-state index is -4.79. The van der Waals surface area contributed by atoms with Crippen molar-refractivity contribution in [2.75, 3.05) is 5.32 Å². The smallest absolute Gasteiger partial charge is 0.382 e. The van der Waals surface area contributed by atoms with Gasteiger partial charge in [0, 0.05) is 5.56 Å². The minimum absolute atomic E-state index is 0.266. The first-order valence-corrected chi connectivity index (χ1v) is 7.63. The molecule has 0 saturated carbocycles. The van der Waals surface area contributed by atoms with E-state index in [1.165, 1.54) is 24.3 Å². The van der Waals surface area contributed by atoms with Crippen LogP contribution in [0.15, 0.2) is 60.7 Å². The van der Waals surface area contributed by atoms with E-state index in [2.05, 4.69) is 15.3 Å². The van der Waals surface area contributed by atoms with Gasteiger partial charge in [-0.05, 0) is 17.7 Å². The van der Waals surface area contributed by atoms with Crippen molar-refractivity contribution in [2.45, 2.75) is 12.3 Å². The zero-order chi connectivity index (χ0) is 18.7. The fourth-order valence-corrected chi connectivity index (χ4v) is 2.43. The highest BCUT2D eigenvalue weighted by molar-refractivity contribution is 6.03. The molecule has 1 heterocycles. The summed E-state index contributed by atoms with van der Waals surface area (Å²) in [5.41, 5.74) is -1.28. The lowest BCUT2D eigenvalue weighted by Crippen LogP contribution is -2.13. The average Bonchev–Trinajstić information content (AvgIpc) is 3.07. The van der Waals surface area contributed by atoms with Gasteiger partial charge < -0.3 is 10.1 Å². The Morgan fingerprint density at radius 3 is 2.19 bits per heavy atom. The number of nitrogens with zero attached hydrogens (tertiary/aromatic N) is 1. The van der Waals surface area contributed by atoms with Crippen molar-refractivity contribution < 1.29 is 23.1 Å². The third-order valence-electron chi connectivity index (χ3n) is 3.66. The molecule has 0 aliphatic carbocycles. The summed E-state index contributed by atoms with van der Waals surface area (Å²) < 4.78 is 39.9. The van der Waals surface area contributed by atoms with Crippen LogP contribution in [0.4, 0.5) is 19.1 Å². The molecule has 1 unspecified atom stereocenters. The molecule has 0 spiro atoms. The number of carbonyl (C=O) groups excluding carboxylic acids is 1. The monoisotopic (exact) mass is 361 g/mol. The molecule has 0 fully saturated rings. The van der Waals surface area contributed by atoms with Gasteiger partial charge in [0.15, 0.2) is 5.69 Å². The zero-order valence-electron chi connectivity index (χ0n) is 13.3. The Kier molecular flexibility index (Phi) is 4.77. The number of halogens is 3. The van der Waals surface area contributed by atoms with Gasteiger partial charge in [0.1, 0.15) is 6.10 Å². The molecule has 8 heteroatoms. The molecule has 0 radical (unpaired) electrons. The van der Waals surface area contributed by atoms with E-state index in [0.717, 1.165) is 0 Å². The summed E-state index contributed by atoms with van der Waals surface area (Å²) in [6.07, 6.45) is -6.36. The number of hydrogen-bond acceptors (Lipinski definition) is 3.